The first-order valence-corrected chi connectivity index (χ1v) is 17.8. The molecule has 11 nitrogen and oxygen atoms in total. The standard InChI is InChI=1S/C35H33Cl2N5O6S/c36-26-14-11-24(30(37)23-26)17-19-39-34(44)35(18-22-49(45,46)28-7-2-1-3-8-28)32(29-9-4-5-10-31(29)41-42-38)48-33(40-35)25-12-15-27(16-13-25)47-21-6-20-43/h1-5,7-16,23,32,43H,6,17-22H2,(H,39,44)/t32-,35-/m1/s1. The monoisotopic (exact) mass is 721 g/mol. The zero-order valence-corrected chi connectivity index (χ0v) is 28.5. The molecule has 0 unspecified atom stereocenters. The molecular formula is C35H33Cl2N5O6S. The number of aliphatic hydroxyl groups is 1. The van der Waals surface area contributed by atoms with Crippen LogP contribution in [0.4, 0.5) is 5.69 Å². The average Bonchev–Trinajstić information content (AvgIpc) is 3.50. The molecule has 1 heterocycles. The van der Waals surface area contributed by atoms with Crippen LogP contribution in [-0.2, 0) is 25.8 Å². The summed E-state index contributed by atoms with van der Waals surface area (Å²) < 4.78 is 39.3. The highest BCUT2D eigenvalue weighted by atomic mass is 35.5. The molecule has 0 saturated heterocycles. The molecule has 49 heavy (non-hydrogen) atoms. The van der Waals surface area contributed by atoms with Crippen LogP contribution in [0.15, 0.2) is 112 Å². The van der Waals surface area contributed by atoms with E-state index in [4.69, 9.17) is 42.8 Å². The van der Waals surface area contributed by atoms with Gasteiger partial charge in [-0.15, -0.1) is 0 Å². The van der Waals surface area contributed by atoms with Crippen LogP contribution >= 0.6 is 23.2 Å². The van der Waals surface area contributed by atoms with Gasteiger partial charge in [0.05, 0.1) is 17.3 Å². The molecule has 4 aromatic carbocycles. The number of aliphatic hydroxyl groups excluding tert-OH is 1. The summed E-state index contributed by atoms with van der Waals surface area (Å²) in [6.45, 7) is 0.465. The second-order valence-corrected chi connectivity index (χ2v) is 14.1. The molecular weight excluding hydrogens is 689 g/mol. The van der Waals surface area contributed by atoms with Crippen molar-refractivity contribution in [3.05, 3.63) is 134 Å². The number of rotatable bonds is 15. The summed E-state index contributed by atoms with van der Waals surface area (Å²) in [7, 11) is -3.87. The molecule has 0 bridgehead atoms. The van der Waals surface area contributed by atoms with Crippen LogP contribution in [0.2, 0.25) is 10.0 Å². The fourth-order valence-corrected chi connectivity index (χ4v) is 7.31. The van der Waals surface area contributed by atoms with Gasteiger partial charge in [0.25, 0.3) is 5.91 Å². The second kappa shape index (κ2) is 16.2. The minimum Gasteiger partial charge on any atom is -0.494 e. The molecule has 0 radical (unpaired) electrons. The van der Waals surface area contributed by atoms with E-state index >= 15 is 0 Å². The fraction of sp³-hybridized carbons (Fsp3) is 0.257. The third-order valence-corrected chi connectivity index (χ3v) is 10.3. The van der Waals surface area contributed by atoms with E-state index in [9.17, 15) is 18.7 Å². The highest BCUT2D eigenvalue weighted by Crippen LogP contribution is 2.46. The number of ether oxygens (including phenoxy) is 2. The van der Waals surface area contributed by atoms with Crippen molar-refractivity contribution in [1.29, 1.82) is 0 Å². The number of hydrogen-bond donors (Lipinski definition) is 2. The molecule has 5 rings (SSSR count). The summed E-state index contributed by atoms with van der Waals surface area (Å²) in [6, 6.07) is 26.5. The molecule has 1 aliphatic rings. The normalized spacial score (nSPS) is 17.0. The van der Waals surface area contributed by atoms with Crippen molar-refractivity contribution in [1.82, 2.24) is 5.32 Å². The predicted molar refractivity (Wildman–Crippen MR) is 188 cm³/mol. The third-order valence-electron chi connectivity index (χ3n) is 7.95. The number of benzene rings is 4. The van der Waals surface area contributed by atoms with Gasteiger partial charge < -0.3 is 19.9 Å². The second-order valence-electron chi connectivity index (χ2n) is 11.2. The highest BCUT2D eigenvalue weighted by Gasteiger charge is 2.54. The van der Waals surface area contributed by atoms with Gasteiger partial charge in [-0.3, -0.25) is 4.79 Å². The van der Waals surface area contributed by atoms with Gasteiger partial charge in [-0.2, -0.15) is 0 Å². The predicted octanol–water partition coefficient (Wildman–Crippen LogP) is 7.18. The summed E-state index contributed by atoms with van der Waals surface area (Å²) in [5.74, 6) is -0.373. The SMILES string of the molecule is [N-]=[N+]=Nc1ccccc1[C@H]1OC(c2ccc(OCCCO)cc2)=N[C@@]1(CCS(=O)(=O)c1ccccc1)C(=O)NCCc1ccc(Cl)cc1Cl. The van der Waals surface area contributed by atoms with E-state index in [2.05, 4.69) is 15.3 Å². The van der Waals surface area contributed by atoms with Crippen LogP contribution < -0.4 is 10.1 Å². The first-order valence-electron chi connectivity index (χ1n) is 15.4. The molecule has 1 amide bonds. The number of azide groups is 1. The van der Waals surface area contributed by atoms with Gasteiger partial charge in [-0.25, -0.2) is 13.4 Å². The number of halogens is 2. The van der Waals surface area contributed by atoms with Gasteiger partial charge in [0.1, 0.15) is 5.75 Å². The van der Waals surface area contributed by atoms with Crippen molar-refractivity contribution >= 4 is 50.5 Å². The summed E-state index contributed by atoms with van der Waals surface area (Å²) in [5.41, 5.74) is 9.36. The number of sulfone groups is 1. The van der Waals surface area contributed by atoms with E-state index in [-0.39, 0.29) is 36.1 Å². The van der Waals surface area contributed by atoms with Crippen LogP contribution in [-0.4, -0.2) is 56.4 Å². The summed E-state index contributed by atoms with van der Waals surface area (Å²) in [5, 5.41) is 16.8. The zero-order chi connectivity index (χ0) is 34.9. The Balaban J connectivity index is 1.56. The molecule has 0 saturated carbocycles. The number of carbonyl (C=O) groups excluding carboxylic acids is 1. The van der Waals surface area contributed by atoms with Crippen LogP contribution in [0, 0.1) is 0 Å². The van der Waals surface area contributed by atoms with E-state index in [1.807, 2.05) is 0 Å². The number of aliphatic imine (C=N–C) groups is 1. The maximum atomic E-state index is 14.5. The Bertz CT molecular complexity index is 1970. The van der Waals surface area contributed by atoms with Crippen LogP contribution in [0.3, 0.4) is 0 Å². The Hall–Kier alpha value is -4.58. The van der Waals surface area contributed by atoms with Gasteiger partial charge in [-0.05, 0) is 66.0 Å². The van der Waals surface area contributed by atoms with Gasteiger partial charge in [0, 0.05) is 57.8 Å². The summed E-state index contributed by atoms with van der Waals surface area (Å²) in [4.78, 5) is 22.4. The molecule has 1 aliphatic heterocycles. The van der Waals surface area contributed by atoms with E-state index in [0.717, 1.165) is 5.56 Å². The Morgan fingerprint density at radius 1 is 1.04 bits per heavy atom. The largest absolute Gasteiger partial charge is 0.494 e. The molecule has 2 atom stereocenters. The van der Waals surface area contributed by atoms with E-state index in [1.54, 1.807) is 84.9 Å². The first-order chi connectivity index (χ1) is 23.7. The zero-order valence-electron chi connectivity index (χ0n) is 26.2. The minimum absolute atomic E-state index is 0.00167. The van der Waals surface area contributed by atoms with E-state index < -0.39 is 33.1 Å². The number of amides is 1. The van der Waals surface area contributed by atoms with Gasteiger partial charge in [-0.1, -0.05) is 76.8 Å². The molecule has 2 N–H and O–H groups in total. The first kappa shape index (κ1) is 35.7. The van der Waals surface area contributed by atoms with E-state index in [1.165, 1.54) is 12.1 Å². The van der Waals surface area contributed by atoms with Crippen molar-refractivity contribution in [3.63, 3.8) is 0 Å². The quantitative estimate of drug-likeness (QED) is 0.0572. The summed E-state index contributed by atoms with van der Waals surface area (Å²) in [6.07, 6.45) is -0.610. The lowest BCUT2D eigenvalue weighted by atomic mass is 9.84. The van der Waals surface area contributed by atoms with Gasteiger partial charge in [0.2, 0.25) is 5.90 Å². The van der Waals surface area contributed by atoms with Crippen molar-refractivity contribution in [2.75, 3.05) is 25.5 Å². The molecule has 14 heteroatoms. The van der Waals surface area contributed by atoms with Gasteiger partial charge >= 0.3 is 0 Å². The number of hydrogen-bond acceptors (Lipinski definition) is 8. The molecule has 0 aromatic heterocycles. The van der Waals surface area contributed by atoms with Crippen LogP contribution in [0.5, 0.6) is 5.75 Å². The molecule has 0 aliphatic carbocycles. The minimum atomic E-state index is -3.87. The van der Waals surface area contributed by atoms with Crippen molar-refractivity contribution in [3.8, 4) is 5.75 Å². The van der Waals surface area contributed by atoms with Crippen molar-refractivity contribution in [2.24, 2.45) is 10.1 Å². The van der Waals surface area contributed by atoms with Crippen LogP contribution in [0.25, 0.3) is 10.4 Å². The third kappa shape index (κ3) is 8.54. The molecule has 0 spiro atoms. The number of carbonyl (C=O) groups is 1. The smallest absolute Gasteiger partial charge is 0.252 e. The molecule has 254 valence electrons. The molecule has 0 fully saturated rings. The maximum Gasteiger partial charge on any atom is 0.252 e. The Morgan fingerprint density at radius 2 is 1.78 bits per heavy atom. The Labute approximate surface area is 294 Å². The van der Waals surface area contributed by atoms with E-state index in [0.29, 0.717) is 46.4 Å². The summed E-state index contributed by atoms with van der Waals surface area (Å²) >= 11 is 12.4. The molecule has 4 aromatic rings. The highest BCUT2D eigenvalue weighted by molar-refractivity contribution is 7.91. The Kier molecular flexibility index (Phi) is 11.8. The number of nitrogens with zero attached hydrogens (tertiary/aromatic N) is 4. The maximum absolute atomic E-state index is 14.5. The number of nitrogens with one attached hydrogen (secondary N) is 1. The topological polar surface area (TPSA) is 163 Å². The van der Waals surface area contributed by atoms with Crippen LogP contribution in [0.1, 0.15) is 35.6 Å². The lowest BCUT2D eigenvalue weighted by molar-refractivity contribution is -0.129. The van der Waals surface area contributed by atoms with Crippen molar-refractivity contribution < 1.29 is 27.8 Å². The lowest BCUT2D eigenvalue weighted by Gasteiger charge is -2.31. The fourth-order valence-electron chi connectivity index (χ4n) is 5.42. The van der Waals surface area contributed by atoms with Gasteiger partial charge in [0.15, 0.2) is 21.5 Å². The lowest BCUT2D eigenvalue weighted by Crippen LogP contribution is -2.49. The van der Waals surface area contributed by atoms with Crippen molar-refractivity contribution in [2.45, 2.75) is 35.8 Å². The average molecular weight is 723 g/mol. The Morgan fingerprint density at radius 3 is 2.49 bits per heavy atom.